The molecule has 1 fully saturated rings. The van der Waals surface area contributed by atoms with Crippen molar-refractivity contribution in [3.63, 3.8) is 0 Å². The lowest BCUT2D eigenvalue weighted by molar-refractivity contribution is -0.134. The smallest absolute Gasteiger partial charge is 0.257 e. The predicted molar refractivity (Wildman–Crippen MR) is 125 cm³/mol. The van der Waals surface area contributed by atoms with Gasteiger partial charge in [-0.3, -0.25) is 9.69 Å². The van der Waals surface area contributed by atoms with Gasteiger partial charge in [0.15, 0.2) is 0 Å². The Morgan fingerprint density at radius 3 is 2.52 bits per heavy atom. The molecule has 2 aliphatic rings. The molecule has 0 N–H and O–H groups in total. The number of likely N-dealkylation sites (tertiary alicyclic amines) is 1. The first-order valence-electron chi connectivity index (χ1n) is 11.1. The van der Waals surface area contributed by atoms with Crippen LogP contribution in [-0.4, -0.2) is 47.8 Å². The second kappa shape index (κ2) is 9.84. The molecular weight excluding hydrogens is 410 g/mol. The van der Waals surface area contributed by atoms with E-state index in [2.05, 4.69) is 11.8 Å². The van der Waals surface area contributed by atoms with E-state index in [9.17, 15) is 4.79 Å². The van der Waals surface area contributed by atoms with Crippen LogP contribution in [0.5, 0.6) is 5.75 Å². The summed E-state index contributed by atoms with van der Waals surface area (Å²) in [5, 5.41) is 7.11. The zero-order valence-corrected chi connectivity index (χ0v) is 19.0. The number of hydrogen-bond donors (Lipinski definition) is 0. The van der Waals surface area contributed by atoms with Gasteiger partial charge >= 0.3 is 0 Å². The van der Waals surface area contributed by atoms with Crippen molar-refractivity contribution in [2.45, 2.75) is 39.2 Å². The molecule has 1 atom stereocenters. The Kier molecular flexibility index (Phi) is 6.93. The summed E-state index contributed by atoms with van der Waals surface area (Å²) in [6, 6.07) is 15.5. The molecule has 4 rings (SSSR count). The second-order valence-corrected chi connectivity index (χ2v) is 8.85. The van der Waals surface area contributed by atoms with Crippen molar-refractivity contribution < 1.29 is 9.53 Å². The molecule has 2 heterocycles. The fourth-order valence-corrected chi connectivity index (χ4v) is 4.54. The maximum atomic E-state index is 13.3. The van der Waals surface area contributed by atoms with Crippen LogP contribution in [0.2, 0.25) is 5.02 Å². The highest BCUT2D eigenvalue weighted by atomic mass is 35.5. The van der Waals surface area contributed by atoms with Crippen molar-refractivity contribution in [2.75, 3.05) is 26.2 Å². The first-order chi connectivity index (χ1) is 15.0. The molecule has 1 unspecified atom stereocenters. The van der Waals surface area contributed by atoms with Crippen LogP contribution < -0.4 is 4.74 Å². The zero-order chi connectivity index (χ0) is 21.8. The summed E-state index contributed by atoms with van der Waals surface area (Å²) in [4.78, 5) is 15.6. The molecule has 5 nitrogen and oxygen atoms in total. The van der Waals surface area contributed by atoms with Crippen molar-refractivity contribution in [3.05, 3.63) is 64.7 Å². The Bertz CT molecular complexity index is 936. The van der Waals surface area contributed by atoms with Crippen LogP contribution in [0.3, 0.4) is 0 Å². The van der Waals surface area contributed by atoms with E-state index in [-0.39, 0.29) is 11.9 Å². The highest BCUT2D eigenvalue weighted by molar-refractivity contribution is 6.34. The highest BCUT2D eigenvalue weighted by Crippen LogP contribution is 2.35. The number of carbonyl (C=O) groups excluding carboxylic acids is 1. The average Bonchev–Trinajstić information content (AvgIpc) is 3.22. The van der Waals surface area contributed by atoms with Gasteiger partial charge in [0, 0.05) is 17.0 Å². The summed E-state index contributed by atoms with van der Waals surface area (Å²) in [6.07, 6.45) is 2.92. The molecule has 0 saturated carbocycles. The van der Waals surface area contributed by atoms with Crippen molar-refractivity contribution in [2.24, 2.45) is 11.0 Å². The number of carbonyl (C=O) groups is 1. The van der Waals surface area contributed by atoms with E-state index in [0.29, 0.717) is 24.6 Å². The molecule has 1 amide bonds. The van der Waals surface area contributed by atoms with Gasteiger partial charge in [-0.1, -0.05) is 48.9 Å². The van der Waals surface area contributed by atoms with E-state index in [4.69, 9.17) is 21.4 Å². The minimum Gasteiger partial charge on any atom is -0.494 e. The summed E-state index contributed by atoms with van der Waals surface area (Å²) < 4.78 is 5.58. The largest absolute Gasteiger partial charge is 0.494 e. The van der Waals surface area contributed by atoms with Crippen LogP contribution >= 0.6 is 11.6 Å². The lowest BCUT2D eigenvalue weighted by Crippen LogP contribution is -2.41. The molecule has 2 aromatic rings. The summed E-state index contributed by atoms with van der Waals surface area (Å²) >= 11 is 6.44. The van der Waals surface area contributed by atoms with Gasteiger partial charge in [0.2, 0.25) is 0 Å². The van der Waals surface area contributed by atoms with E-state index in [1.807, 2.05) is 55.5 Å². The van der Waals surface area contributed by atoms with Crippen LogP contribution in [0, 0.1) is 5.92 Å². The fourth-order valence-electron chi connectivity index (χ4n) is 4.29. The highest BCUT2D eigenvalue weighted by Gasteiger charge is 2.34. The average molecular weight is 440 g/mol. The Labute approximate surface area is 189 Å². The van der Waals surface area contributed by atoms with Gasteiger partial charge in [0.05, 0.1) is 24.9 Å². The fraction of sp³-hybridized carbons (Fsp3) is 0.440. The van der Waals surface area contributed by atoms with Crippen molar-refractivity contribution in [3.8, 4) is 5.75 Å². The van der Waals surface area contributed by atoms with Crippen molar-refractivity contribution in [1.82, 2.24) is 9.91 Å². The Balaban J connectivity index is 1.58. The van der Waals surface area contributed by atoms with Crippen LogP contribution in [-0.2, 0) is 4.79 Å². The van der Waals surface area contributed by atoms with E-state index < -0.39 is 0 Å². The van der Waals surface area contributed by atoms with Gasteiger partial charge in [0.1, 0.15) is 5.75 Å². The summed E-state index contributed by atoms with van der Waals surface area (Å²) in [7, 11) is 0. The second-order valence-electron chi connectivity index (χ2n) is 8.45. The summed E-state index contributed by atoms with van der Waals surface area (Å²) in [5.41, 5.74) is 2.79. The van der Waals surface area contributed by atoms with E-state index >= 15 is 0 Å². The summed E-state index contributed by atoms with van der Waals surface area (Å²) in [5.74, 6) is 1.60. The number of hydrogen-bond acceptors (Lipinski definition) is 4. The maximum absolute atomic E-state index is 13.3. The Morgan fingerprint density at radius 1 is 1.13 bits per heavy atom. The monoisotopic (exact) mass is 439 g/mol. The van der Waals surface area contributed by atoms with Crippen LogP contribution in [0.25, 0.3) is 0 Å². The Hall–Kier alpha value is -2.37. The molecule has 0 bridgehead atoms. The molecule has 0 radical (unpaired) electrons. The van der Waals surface area contributed by atoms with Gasteiger partial charge in [-0.2, -0.15) is 5.10 Å². The van der Waals surface area contributed by atoms with E-state index in [1.54, 1.807) is 5.01 Å². The summed E-state index contributed by atoms with van der Waals surface area (Å²) in [6.45, 7) is 7.21. The normalized spacial score (nSPS) is 20.0. The third-order valence-electron chi connectivity index (χ3n) is 6.16. The molecule has 0 spiro atoms. The maximum Gasteiger partial charge on any atom is 0.257 e. The molecule has 2 aromatic carbocycles. The molecule has 164 valence electrons. The lowest BCUT2D eigenvalue weighted by atomic mass is 9.98. The number of ether oxygens (including phenoxy) is 1. The first kappa shape index (κ1) is 21.8. The van der Waals surface area contributed by atoms with Crippen LogP contribution in [0.1, 0.15) is 50.3 Å². The number of rotatable bonds is 6. The quantitative estimate of drug-likeness (QED) is 0.625. The van der Waals surface area contributed by atoms with Crippen LogP contribution in [0.4, 0.5) is 0 Å². The molecule has 1 saturated heterocycles. The minimum atomic E-state index is -0.141. The van der Waals surface area contributed by atoms with Crippen molar-refractivity contribution in [1.29, 1.82) is 0 Å². The number of halogens is 1. The van der Waals surface area contributed by atoms with Gasteiger partial charge in [-0.25, -0.2) is 5.01 Å². The predicted octanol–water partition coefficient (Wildman–Crippen LogP) is 5.15. The standard InChI is InChI=1S/C25H30ClN3O2/c1-3-31-20-10-8-19(9-11-20)24-16-23(21-6-4-5-7-22(21)26)27-29(24)25(30)17-28-14-12-18(2)13-15-28/h4-11,18,24H,3,12-17H2,1-2H3. The number of amides is 1. The van der Waals surface area contributed by atoms with Crippen molar-refractivity contribution >= 4 is 23.2 Å². The number of piperidine rings is 1. The zero-order valence-electron chi connectivity index (χ0n) is 18.3. The number of benzene rings is 2. The molecule has 0 aromatic heterocycles. The molecular formula is C25H30ClN3O2. The number of nitrogens with zero attached hydrogens (tertiary/aromatic N) is 3. The lowest BCUT2D eigenvalue weighted by Gasteiger charge is -2.31. The molecule has 6 heteroatoms. The first-order valence-corrected chi connectivity index (χ1v) is 11.5. The molecule has 2 aliphatic heterocycles. The van der Waals surface area contributed by atoms with Crippen LogP contribution in [0.15, 0.2) is 53.6 Å². The SMILES string of the molecule is CCOc1ccc(C2CC(c3ccccc3Cl)=NN2C(=O)CN2CCC(C)CC2)cc1. The minimum absolute atomic E-state index is 0.0375. The van der Waals surface area contributed by atoms with Gasteiger partial charge < -0.3 is 4.74 Å². The molecule has 31 heavy (non-hydrogen) atoms. The van der Waals surface area contributed by atoms with E-state index in [0.717, 1.165) is 54.4 Å². The number of hydrazone groups is 1. The topological polar surface area (TPSA) is 45.1 Å². The van der Waals surface area contributed by atoms with E-state index in [1.165, 1.54) is 0 Å². The van der Waals surface area contributed by atoms with Gasteiger partial charge in [-0.15, -0.1) is 0 Å². The third-order valence-corrected chi connectivity index (χ3v) is 6.49. The molecule has 0 aliphatic carbocycles. The Morgan fingerprint density at radius 2 is 1.84 bits per heavy atom. The van der Waals surface area contributed by atoms with Gasteiger partial charge in [0.25, 0.3) is 5.91 Å². The van der Waals surface area contributed by atoms with Gasteiger partial charge in [-0.05, 0) is 62.5 Å². The third kappa shape index (κ3) is 5.10.